The molecule has 2 N–H and O–H groups in total. The van der Waals surface area contributed by atoms with Crippen LogP contribution < -0.4 is 9.75 Å². The Balaban J connectivity index is 1.94. The molecule has 0 saturated carbocycles. The predicted octanol–water partition coefficient (Wildman–Crippen LogP) is 4.06. The topological polar surface area (TPSA) is 99.4 Å². The number of rotatable bonds is 5. The Labute approximate surface area is 169 Å². The Kier molecular flexibility index (Phi) is 5.51. The standard InChI is InChI=1S/C20H17BrN2O5/c1-3-28-18-9-13(16(21)10-17(18)24)8-15-11(2)22-23(19(15)25)14-6-4-12(5-7-14)20(26)27/h4-10,24H,3H2,1-2H3,(H,26,27). The normalized spacial score (nSPS) is 15.1. The third-order valence-electron chi connectivity index (χ3n) is 4.10. The van der Waals surface area contributed by atoms with E-state index in [4.69, 9.17) is 9.84 Å². The molecule has 0 bridgehead atoms. The zero-order chi connectivity index (χ0) is 20.4. The van der Waals surface area contributed by atoms with Crippen LogP contribution in [0.1, 0.15) is 29.8 Å². The average molecular weight is 445 g/mol. The van der Waals surface area contributed by atoms with Gasteiger partial charge in [0.2, 0.25) is 0 Å². The molecule has 2 aromatic rings. The van der Waals surface area contributed by atoms with Gasteiger partial charge in [-0.2, -0.15) is 10.1 Å². The van der Waals surface area contributed by atoms with Gasteiger partial charge < -0.3 is 14.9 Å². The number of aromatic carboxylic acids is 1. The molecule has 0 radical (unpaired) electrons. The van der Waals surface area contributed by atoms with Gasteiger partial charge in [-0.15, -0.1) is 0 Å². The summed E-state index contributed by atoms with van der Waals surface area (Å²) in [4.78, 5) is 23.8. The molecule has 7 nitrogen and oxygen atoms in total. The number of carbonyl (C=O) groups excluding carboxylic acids is 1. The number of carboxylic acid groups (broad SMARTS) is 1. The fraction of sp³-hybridized carbons (Fsp3) is 0.150. The number of hydrogen-bond acceptors (Lipinski definition) is 5. The number of hydrazone groups is 1. The molecule has 0 aliphatic carbocycles. The van der Waals surface area contributed by atoms with Gasteiger partial charge >= 0.3 is 5.97 Å². The molecular formula is C20H17BrN2O5. The van der Waals surface area contributed by atoms with E-state index in [1.54, 1.807) is 19.1 Å². The van der Waals surface area contributed by atoms with Crippen LogP contribution in [0.2, 0.25) is 0 Å². The number of phenols is 1. The lowest BCUT2D eigenvalue weighted by molar-refractivity contribution is -0.114. The zero-order valence-corrected chi connectivity index (χ0v) is 16.7. The third-order valence-corrected chi connectivity index (χ3v) is 4.79. The Morgan fingerprint density at radius 1 is 1.29 bits per heavy atom. The maximum atomic E-state index is 12.9. The number of hydrogen-bond donors (Lipinski definition) is 2. The summed E-state index contributed by atoms with van der Waals surface area (Å²) >= 11 is 3.38. The van der Waals surface area contributed by atoms with Crippen LogP contribution in [0.4, 0.5) is 5.69 Å². The highest BCUT2D eigenvalue weighted by molar-refractivity contribution is 9.10. The van der Waals surface area contributed by atoms with Crippen molar-refractivity contribution in [3.05, 3.63) is 57.6 Å². The van der Waals surface area contributed by atoms with Crippen LogP contribution in [-0.2, 0) is 4.79 Å². The lowest BCUT2D eigenvalue weighted by atomic mass is 10.1. The van der Waals surface area contributed by atoms with Crippen LogP contribution in [0.3, 0.4) is 0 Å². The molecule has 144 valence electrons. The molecule has 1 heterocycles. The molecule has 0 saturated heterocycles. The van der Waals surface area contributed by atoms with Crippen molar-refractivity contribution in [1.29, 1.82) is 0 Å². The van der Waals surface area contributed by atoms with Crippen molar-refractivity contribution in [2.75, 3.05) is 11.6 Å². The molecule has 3 rings (SSSR count). The van der Waals surface area contributed by atoms with Crippen molar-refractivity contribution in [1.82, 2.24) is 0 Å². The van der Waals surface area contributed by atoms with Crippen molar-refractivity contribution < 1.29 is 24.5 Å². The van der Waals surface area contributed by atoms with E-state index < -0.39 is 5.97 Å². The molecule has 1 amide bonds. The number of ether oxygens (including phenoxy) is 1. The summed E-state index contributed by atoms with van der Waals surface area (Å²) in [6, 6.07) is 9.05. The number of aromatic hydroxyl groups is 1. The summed E-state index contributed by atoms with van der Waals surface area (Å²) in [7, 11) is 0. The quantitative estimate of drug-likeness (QED) is 0.677. The number of phenolic OH excluding ortho intramolecular Hbond substituents is 1. The maximum Gasteiger partial charge on any atom is 0.335 e. The predicted molar refractivity (Wildman–Crippen MR) is 109 cm³/mol. The molecule has 28 heavy (non-hydrogen) atoms. The molecule has 1 aliphatic heterocycles. The minimum atomic E-state index is -1.04. The monoisotopic (exact) mass is 444 g/mol. The number of carbonyl (C=O) groups is 2. The van der Waals surface area contributed by atoms with E-state index in [1.807, 2.05) is 6.92 Å². The van der Waals surface area contributed by atoms with E-state index in [-0.39, 0.29) is 17.2 Å². The molecule has 0 aromatic heterocycles. The van der Waals surface area contributed by atoms with Gasteiger partial charge in [0, 0.05) is 4.47 Å². The number of amides is 1. The second-order valence-corrected chi connectivity index (χ2v) is 6.84. The lowest BCUT2D eigenvalue weighted by Gasteiger charge is -2.12. The van der Waals surface area contributed by atoms with E-state index in [1.165, 1.54) is 35.3 Å². The first-order chi connectivity index (χ1) is 13.3. The van der Waals surface area contributed by atoms with Crippen LogP contribution in [0.25, 0.3) is 6.08 Å². The SMILES string of the molecule is CCOc1cc(C=C2C(=O)N(c3ccc(C(=O)O)cc3)N=C2C)c(Br)cc1O. The summed E-state index contributed by atoms with van der Waals surface area (Å²) in [5, 5.41) is 24.5. The van der Waals surface area contributed by atoms with Crippen molar-refractivity contribution >= 4 is 45.3 Å². The highest BCUT2D eigenvalue weighted by Crippen LogP contribution is 2.35. The Bertz CT molecular complexity index is 1010. The molecular weight excluding hydrogens is 428 g/mol. The van der Waals surface area contributed by atoms with E-state index in [0.717, 1.165) is 0 Å². The van der Waals surface area contributed by atoms with E-state index in [9.17, 15) is 14.7 Å². The van der Waals surface area contributed by atoms with E-state index >= 15 is 0 Å². The summed E-state index contributed by atoms with van der Waals surface area (Å²) in [6.07, 6.45) is 1.67. The zero-order valence-electron chi connectivity index (χ0n) is 15.1. The average Bonchev–Trinajstić information content (AvgIpc) is 2.94. The Morgan fingerprint density at radius 2 is 1.96 bits per heavy atom. The number of carboxylic acids is 1. The smallest absolute Gasteiger partial charge is 0.335 e. The fourth-order valence-corrected chi connectivity index (χ4v) is 3.15. The van der Waals surface area contributed by atoms with Crippen LogP contribution in [0.5, 0.6) is 11.5 Å². The van der Waals surface area contributed by atoms with Gasteiger partial charge in [0.15, 0.2) is 11.5 Å². The molecule has 1 aliphatic rings. The number of benzene rings is 2. The van der Waals surface area contributed by atoms with Gasteiger partial charge in [0.05, 0.1) is 29.1 Å². The Morgan fingerprint density at radius 3 is 2.57 bits per heavy atom. The minimum Gasteiger partial charge on any atom is -0.504 e. The minimum absolute atomic E-state index is 0.000778. The summed E-state index contributed by atoms with van der Waals surface area (Å²) < 4.78 is 6.00. The van der Waals surface area contributed by atoms with Crippen molar-refractivity contribution in [2.24, 2.45) is 5.10 Å². The van der Waals surface area contributed by atoms with Crippen LogP contribution in [0, 0.1) is 0 Å². The molecule has 0 unspecified atom stereocenters. The van der Waals surface area contributed by atoms with Crippen LogP contribution >= 0.6 is 15.9 Å². The van der Waals surface area contributed by atoms with Crippen LogP contribution in [0.15, 0.2) is 51.5 Å². The first kappa shape index (κ1) is 19.6. The molecule has 0 fully saturated rings. The highest BCUT2D eigenvalue weighted by Gasteiger charge is 2.29. The van der Waals surface area contributed by atoms with E-state index in [0.29, 0.717) is 39.4 Å². The van der Waals surface area contributed by atoms with Gasteiger partial charge in [0.25, 0.3) is 5.91 Å². The first-order valence-corrected chi connectivity index (χ1v) is 9.21. The largest absolute Gasteiger partial charge is 0.504 e. The van der Waals surface area contributed by atoms with Gasteiger partial charge in [-0.1, -0.05) is 15.9 Å². The number of halogens is 1. The molecule has 8 heteroatoms. The molecule has 0 atom stereocenters. The van der Waals surface area contributed by atoms with Gasteiger partial charge in [-0.25, -0.2) is 4.79 Å². The summed E-state index contributed by atoms with van der Waals surface area (Å²) in [5.41, 5.74) is 2.16. The summed E-state index contributed by atoms with van der Waals surface area (Å²) in [5.74, 6) is -1.06. The number of anilines is 1. The van der Waals surface area contributed by atoms with Crippen molar-refractivity contribution in [2.45, 2.75) is 13.8 Å². The van der Waals surface area contributed by atoms with Gasteiger partial charge in [-0.05, 0) is 61.9 Å². The van der Waals surface area contributed by atoms with Crippen molar-refractivity contribution in [3.8, 4) is 11.5 Å². The second-order valence-electron chi connectivity index (χ2n) is 5.99. The van der Waals surface area contributed by atoms with E-state index in [2.05, 4.69) is 21.0 Å². The molecule has 2 aromatic carbocycles. The Hall–Kier alpha value is -3.13. The highest BCUT2D eigenvalue weighted by atomic mass is 79.9. The van der Waals surface area contributed by atoms with Crippen molar-refractivity contribution in [3.63, 3.8) is 0 Å². The van der Waals surface area contributed by atoms with Crippen LogP contribution in [-0.4, -0.2) is 34.4 Å². The fourth-order valence-electron chi connectivity index (χ4n) is 2.70. The maximum absolute atomic E-state index is 12.9. The molecule has 0 spiro atoms. The lowest BCUT2D eigenvalue weighted by Crippen LogP contribution is -2.21. The van der Waals surface area contributed by atoms with Gasteiger partial charge in [0.1, 0.15) is 0 Å². The first-order valence-electron chi connectivity index (χ1n) is 8.42. The van der Waals surface area contributed by atoms with Gasteiger partial charge in [-0.3, -0.25) is 4.79 Å². The number of nitrogens with zero attached hydrogens (tertiary/aromatic N) is 2. The summed E-state index contributed by atoms with van der Waals surface area (Å²) in [6.45, 7) is 3.92. The second kappa shape index (κ2) is 7.85. The third kappa shape index (κ3) is 3.77.